The molecule has 0 atom stereocenters. The third-order valence-electron chi connectivity index (χ3n) is 22.7. The lowest BCUT2D eigenvalue weighted by Gasteiger charge is -2.19. The highest BCUT2D eigenvalue weighted by Crippen LogP contribution is 2.38. The number of phenolic OH excluding ortho intramolecular Hbond substituents is 6. The van der Waals surface area contributed by atoms with Crippen LogP contribution >= 0.6 is 11.3 Å². The van der Waals surface area contributed by atoms with Gasteiger partial charge in [-0.25, -0.2) is 9.97 Å². The summed E-state index contributed by atoms with van der Waals surface area (Å²) < 4.78 is 11.0. The molecule has 0 aliphatic carbocycles. The van der Waals surface area contributed by atoms with Crippen molar-refractivity contribution in [3.63, 3.8) is 0 Å². The first-order chi connectivity index (χ1) is 69.1. The molecule has 0 radical (unpaired) electrons. The van der Waals surface area contributed by atoms with Gasteiger partial charge in [-0.15, -0.1) is 10.2 Å². The van der Waals surface area contributed by atoms with Crippen LogP contribution in [0, 0.1) is 13.8 Å². The fraction of sp³-hybridized carbons (Fsp3) is 0.0348. The van der Waals surface area contributed by atoms with Gasteiger partial charge in [0.05, 0.1) is 44.6 Å². The van der Waals surface area contributed by atoms with Gasteiger partial charge in [0.25, 0.3) is 35.4 Å². The van der Waals surface area contributed by atoms with Crippen molar-refractivity contribution in [1.29, 1.82) is 0 Å². The van der Waals surface area contributed by atoms with E-state index in [1.165, 1.54) is 16.8 Å². The number of anilines is 8. The van der Waals surface area contributed by atoms with Crippen LogP contribution in [-0.2, 0) is 0 Å². The molecule has 4 heterocycles. The topological polar surface area (TPSA) is 391 Å². The Hall–Kier alpha value is -19.4. The van der Waals surface area contributed by atoms with Crippen molar-refractivity contribution in [3.8, 4) is 57.1 Å². The number of amides is 6. The second kappa shape index (κ2) is 43.9. The number of fused-ring (bicyclic) bond motifs is 8. The number of aromatic nitrogens is 5. The number of aromatic hydroxyl groups is 6. The van der Waals surface area contributed by atoms with Gasteiger partial charge in [0.2, 0.25) is 11.1 Å². The summed E-state index contributed by atoms with van der Waals surface area (Å²) in [5.41, 5.74) is 12.0. The molecule has 6 amide bonds. The van der Waals surface area contributed by atoms with Gasteiger partial charge >= 0.3 is 0 Å². The van der Waals surface area contributed by atoms with Crippen LogP contribution in [0.5, 0.6) is 46.0 Å². The van der Waals surface area contributed by atoms with Crippen LogP contribution in [0.3, 0.4) is 0 Å². The zero-order valence-corrected chi connectivity index (χ0v) is 76.9. The maximum Gasteiger partial charge on any atom is 0.261 e. The molecule has 0 saturated heterocycles. The molecule has 21 aromatic rings. The van der Waals surface area contributed by atoms with E-state index in [4.69, 9.17) is 9.47 Å². The molecule has 698 valence electrons. The Kier molecular flexibility index (Phi) is 29.2. The predicted octanol–water partition coefficient (Wildman–Crippen LogP) is 24.8. The SMILES string of the molecule is Cc1ccc(-c2ccccc2)cc1NC(=O)c1cc2ccccc2cc1O.Cc1ccnc(NC(=O)c2cc3ccccc3cc2O)n1.O=C(Nc1ccc(Nc2ccccc2)cc1)c1cc2ccccc2cc1O.O=C(Nc1ccc2c(c1)OCCO2)c1cc2ccccc2cc1O.O=C(Nc1cccc2cccnc12)c1cc2ccccc2cc1O.O=C(Nc1nncs1)c1cc2ccccc2cc1O. The molecule has 0 saturated carbocycles. The number of nitrogens with zero attached hydrogens (tertiary/aromatic N) is 5. The zero-order valence-electron chi connectivity index (χ0n) is 76.0. The number of benzene rings is 18. The molecule has 0 spiro atoms. The van der Waals surface area contributed by atoms with Gasteiger partial charge in [-0.2, -0.15) is 0 Å². The number of carbonyl (C=O) groups is 6. The van der Waals surface area contributed by atoms with Crippen molar-refractivity contribution < 1.29 is 68.9 Å². The highest BCUT2D eigenvalue weighted by Gasteiger charge is 2.23. The largest absolute Gasteiger partial charge is 0.507 e. The molecule has 1 aliphatic heterocycles. The summed E-state index contributed by atoms with van der Waals surface area (Å²) in [6, 6.07) is 115. The molecule has 3 aromatic heterocycles. The number of aryl methyl sites for hydroxylation is 2. The van der Waals surface area contributed by atoms with Crippen molar-refractivity contribution in [2.75, 3.05) is 50.4 Å². The van der Waals surface area contributed by atoms with E-state index < -0.39 is 11.8 Å². The molecule has 18 aromatic carbocycles. The number of phenols is 6. The first-order valence-corrected chi connectivity index (χ1v) is 45.5. The predicted molar refractivity (Wildman–Crippen MR) is 560 cm³/mol. The van der Waals surface area contributed by atoms with Gasteiger partial charge in [0.15, 0.2) is 11.5 Å². The van der Waals surface area contributed by atoms with E-state index in [0.29, 0.717) is 52.4 Å². The lowest BCUT2D eigenvalue weighted by molar-refractivity contribution is 0.101. The number of rotatable bonds is 15. The Labute approximate surface area is 816 Å². The van der Waals surface area contributed by atoms with Crippen molar-refractivity contribution in [2.45, 2.75) is 13.8 Å². The van der Waals surface area contributed by atoms with Gasteiger partial charge < -0.3 is 66.7 Å². The molecular weight excluding hydrogens is 1810 g/mol. The molecule has 1 aliphatic rings. The number of pyridine rings is 1. The van der Waals surface area contributed by atoms with E-state index in [0.717, 1.165) is 109 Å². The minimum atomic E-state index is -0.441. The smallest absolute Gasteiger partial charge is 0.261 e. The minimum Gasteiger partial charge on any atom is -0.507 e. The number of ether oxygens (including phenoxy) is 2. The second-order valence-corrected chi connectivity index (χ2v) is 33.3. The summed E-state index contributed by atoms with van der Waals surface area (Å²) in [6.07, 6.45) is 3.25. The van der Waals surface area contributed by atoms with Crippen LogP contribution in [0.4, 0.5) is 45.2 Å². The molecular formula is C115H88N12O14S. The first-order valence-electron chi connectivity index (χ1n) is 44.7. The number of hydrogen-bond acceptors (Lipinski definition) is 21. The molecule has 0 fully saturated rings. The molecule has 0 bridgehead atoms. The van der Waals surface area contributed by atoms with Gasteiger partial charge in [0.1, 0.15) is 53.2 Å². The molecule has 27 heteroatoms. The number of hydrogen-bond donors (Lipinski definition) is 13. The molecule has 26 nitrogen and oxygen atoms in total. The highest BCUT2D eigenvalue weighted by atomic mass is 32.1. The van der Waals surface area contributed by atoms with Gasteiger partial charge in [-0.05, 0) is 241 Å². The van der Waals surface area contributed by atoms with Crippen LogP contribution in [0.1, 0.15) is 73.4 Å². The fourth-order valence-corrected chi connectivity index (χ4v) is 16.0. The van der Waals surface area contributed by atoms with E-state index >= 15 is 0 Å². The minimum absolute atomic E-state index is 0.0249. The maximum atomic E-state index is 12.8. The van der Waals surface area contributed by atoms with Crippen LogP contribution in [0.2, 0.25) is 0 Å². The summed E-state index contributed by atoms with van der Waals surface area (Å²) in [5, 5.41) is 100. The Balaban J connectivity index is 0.000000118. The van der Waals surface area contributed by atoms with E-state index in [1.54, 1.807) is 116 Å². The van der Waals surface area contributed by atoms with Gasteiger partial charge in [-0.3, -0.25) is 44.4 Å². The zero-order chi connectivity index (χ0) is 98.5. The molecule has 0 unspecified atom stereocenters. The standard InChI is InChI=1S/C24H19NO2.C23H18N2O2.C20H14N2O2.C19H15NO4.C16H13N3O2.C13H9N3O2S/c1-16-11-12-20(17-7-3-2-4-8-17)14-22(16)25-24(27)21-13-18-9-5-6-10-19(18)15-23(21)26;26-22-15-17-7-5-4-6-16(17)14-21(22)23(27)25-20-12-10-19(11-13-20)24-18-8-2-1-3-9-18;23-18-12-15-6-2-1-5-14(15)11-16(18)20(24)22-17-9-3-7-13-8-4-10-21-19(13)17;21-16-10-13-4-2-1-3-12(13)9-15(16)19(22)20-14-5-6-17-18(11-14)24-8-7-23-17;1-10-6-7-17-16(18-10)19-15(21)13-8-11-4-2-3-5-12(11)9-14(13)20;17-11-6-9-4-2-1-3-8(9)5-10(11)12(18)15-13-16-14-7-19-13/h2-15,26H,1H3,(H,25,27);1-15,24,26H,(H,25,27);1-12,23H,(H,22,24);1-6,9-11,21H,7-8H2,(H,20,22);2-9,20H,1H3,(H,17,18,19,21);1-7,17H,(H,15,16,18). The normalized spacial score (nSPS) is 11.0. The van der Waals surface area contributed by atoms with Crippen molar-refractivity contribution in [1.82, 2.24) is 25.1 Å². The van der Waals surface area contributed by atoms with Crippen molar-refractivity contribution in [2.24, 2.45) is 0 Å². The summed E-state index contributed by atoms with van der Waals surface area (Å²) in [5.74, 6) is -1.06. The molecule has 22 rings (SSSR count). The lowest BCUT2D eigenvalue weighted by Crippen LogP contribution is -2.16. The van der Waals surface area contributed by atoms with Gasteiger partial charge in [-0.1, -0.05) is 236 Å². The Morgan fingerprint density at radius 3 is 1.10 bits per heavy atom. The first kappa shape index (κ1) is 94.4. The summed E-state index contributed by atoms with van der Waals surface area (Å²) in [6.45, 7) is 4.76. The lowest BCUT2D eigenvalue weighted by atomic mass is 10.0. The van der Waals surface area contributed by atoms with Crippen LogP contribution in [0.25, 0.3) is 86.7 Å². The molecule has 142 heavy (non-hydrogen) atoms. The average molecular weight is 1890 g/mol. The highest BCUT2D eigenvalue weighted by molar-refractivity contribution is 7.13. The van der Waals surface area contributed by atoms with Crippen LogP contribution in [0.15, 0.2) is 394 Å². The summed E-state index contributed by atoms with van der Waals surface area (Å²) in [7, 11) is 0. The fourth-order valence-electron chi connectivity index (χ4n) is 15.5. The third kappa shape index (κ3) is 23.4. The Morgan fingerprint density at radius 1 is 0.289 bits per heavy atom. The van der Waals surface area contributed by atoms with E-state index in [-0.39, 0.29) is 97.5 Å². The van der Waals surface area contributed by atoms with E-state index in [2.05, 4.69) is 62.4 Å². The molecule has 13 N–H and O–H groups in total. The number of para-hydroxylation sites is 2. The van der Waals surface area contributed by atoms with Gasteiger partial charge in [0, 0.05) is 58.0 Å². The monoisotopic (exact) mass is 1890 g/mol. The van der Waals surface area contributed by atoms with E-state index in [9.17, 15) is 59.4 Å². The summed E-state index contributed by atoms with van der Waals surface area (Å²) in [4.78, 5) is 87.2. The number of nitrogens with one attached hydrogen (secondary N) is 7. The quantitative estimate of drug-likeness (QED) is 0.0453. The third-order valence-corrected chi connectivity index (χ3v) is 23.3. The van der Waals surface area contributed by atoms with Crippen molar-refractivity contribution >= 4 is 168 Å². The number of carbonyl (C=O) groups excluding carboxylic acids is 6. The van der Waals surface area contributed by atoms with Crippen LogP contribution < -0.4 is 46.7 Å². The summed E-state index contributed by atoms with van der Waals surface area (Å²) >= 11 is 1.22. The Bertz CT molecular complexity index is 8290. The second-order valence-electron chi connectivity index (χ2n) is 32.5. The maximum absolute atomic E-state index is 12.8. The Morgan fingerprint density at radius 2 is 0.655 bits per heavy atom. The average Bonchev–Trinajstić information content (AvgIpc) is 1.06. The van der Waals surface area contributed by atoms with Crippen LogP contribution in [-0.4, -0.2) is 104 Å². The van der Waals surface area contributed by atoms with Crippen molar-refractivity contribution in [3.05, 3.63) is 439 Å². The van der Waals surface area contributed by atoms with E-state index in [1.807, 2.05) is 287 Å².